The van der Waals surface area contributed by atoms with Crippen LogP contribution in [-0.2, 0) is 9.53 Å². The van der Waals surface area contributed by atoms with Gasteiger partial charge in [-0.25, -0.2) is 0 Å². The zero-order valence-corrected chi connectivity index (χ0v) is 10.1. The number of halogens is 1. The summed E-state index contributed by atoms with van der Waals surface area (Å²) >= 11 is 5.75. The average Bonchev–Trinajstić information content (AvgIpc) is 2.28. The summed E-state index contributed by atoms with van der Waals surface area (Å²) < 4.78 is 4.55. The Balaban J connectivity index is 2.66. The summed E-state index contributed by atoms with van der Waals surface area (Å²) in [5.41, 5.74) is 0.751. The molecule has 0 bridgehead atoms. The number of carbonyl (C=O) groups is 1. The van der Waals surface area contributed by atoms with Crippen molar-refractivity contribution >= 4 is 17.6 Å². The van der Waals surface area contributed by atoms with Crippen molar-refractivity contribution in [2.45, 2.75) is 19.4 Å². The van der Waals surface area contributed by atoms with Crippen LogP contribution < -0.4 is 0 Å². The van der Waals surface area contributed by atoms with E-state index in [-0.39, 0.29) is 18.3 Å². The molecule has 1 aromatic rings. The summed E-state index contributed by atoms with van der Waals surface area (Å²) in [5, 5.41) is 10.6. The first kappa shape index (κ1) is 13.0. The van der Waals surface area contributed by atoms with Gasteiger partial charge in [-0.3, -0.25) is 4.79 Å². The summed E-state index contributed by atoms with van der Waals surface area (Å²) in [6.45, 7) is 1.80. The number of hydrogen-bond acceptors (Lipinski definition) is 3. The molecule has 0 amide bonds. The van der Waals surface area contributed by atoms with Gasteiger partial charge in [-0.15, -0.1) is 0 Å². The van der Waals surface area contributed by atoms with E-state index in [9.17, 15) is 9.90 Å². The van der Waals surface area contributed by atoms with E-state index in [1.165, 1.54) is 7.11 Å². The molecule has 0 radical (unpaired) electrons. The van der Waals surface area contributed by atoms with Crippen molar-refractivity contribution < 1.29 is 14.6 Å². The highest BCUT2D eigenvalue weighted by Gasteiger charge is 2.19. The van der Waals surface area contributed by atoms with E-state index < -0.39 is 6.10 Å². The van der Waals surface area contributed by atoms with Gasteiger partial charge in [0.15, 0.2) is 0 Å². The molecule has 88 valence electrons. The number of rotatable bonds is 4. The molecule has 1 N–H and O–H groups in total. The topological polar surface area (TPSA) is 46.5 Å². The third kappa shape index (κ3) is 3.51. The van der Waals surface area contributed by atoms with Crippen molar-refractivity contribution in [3.8, 4) is 0 Å². The molecule has 4 heteroatoms. The third-order valence-corrected chi connectivity index (χ3v) is 2.72. The number of carbonyl (C=O) groups excluding carboxylic acids is 1. The van der Waals surface area contributed by atoms with Gasteiger partial charge >= 0.3 is 5.97 Å². The minimum Gasteiger partial charge on any atom is -0.469 e. The lowest BCUT2D eigenvalue weighted by Crippen LogP contribution is -2.14. The lowest BCUT2D eigenvalue weighted by Gasteiger charge is -2.18. The van der Waals surface area contributed by atoms with Crippen molar-refractivity contribution in [2.75, 3.05) is 7.11 Å². The van der Waals surface area contributed by atoms with Gasteiger partial charge in [-0.05, 0) is 23.6 Å². The first-order chi connectivity index (χ1) is 7.54. The molecule has 0 aromatic heterocycles. The van der Waals surface area contributed by atoms with Crippen LogP contribution in [-0.4, -0.2) is 18.2 Å². The zero-order chi connectivity index (χ0) is 12.1. The predicted octanol–water partition coefficient (Wildman–Crippen LogP) is 2.57. The maximum Gasteiger partial charge on any atom is 0.305 e. The molecule has 0 aliphatic rings. The minimum atomic E-state index is -0.684. The van der Waals surface area contributed by atoms with E-state index in [0.717, 1.165) is 5.56 Å². The second kappa shape index (κ2) is 5.87. The summed E-state index contributed by atoms with van der Waals surface area (Å²) in [6, 6.07) is 6.93. The maximum absolute atomic E-state index is 11.1. The van der Waals surface area contributed by atoms with Gasteiger partial charge < -0.3 is 9.84 Å². The molecule has 0 aliphatic heterocycles. The fraction of sp³-hybridized carbons (Fsp3) is 0.417. The molecule has 0 fully saturated rings. The molecule has 0 spiro atoms. The number of esters is 1. The van der Waals surface area contributed by atoms with Crippen LogP contribution in [0.1, 0.15) is 25.0 Å². The Morgan fingerprint density at radius 3 is 2.50 bits per heavy atom. The van der Waals surface area contributed by atoms with Crippen LogP contribution in [0.15, 0.2) is 24.3 Å². The van der Waals surface area contributed by atoms with E-state index in [4.69, 9.17) is 11.6 Å². The lowest BCUT2D eigenvalue weighted by atomic mass is 9.95. The number of methoxy groups -OCH3 is 1. The van der Waals surface area contributed by atoms with Crippen LogP contribution >= 0.6 is 11.6 Å². The Kier molecular flexibility index (Phi) is 4.77. The van der Waals surface area contributed by atoms with E-state index >= 15 is 0 Å². The number of aliphatic hydroxyl groups excluding tert-OH is 1. The monoisotopic (exact) mass is 242 g/mol. The first-order valence-corrected chi connectivity index (χ1v) is 5.42. The van der Waals surface area contributed by atoms with Crippen LogP contribution in [0.5, 0.6) is 0 Å². The molecular weight excluding hydrogens is 228 g/mol. The predicted molar refractivity (Wildman–Crippen MR) is 62.2 cm³/mol. The highest BCUT2D eigenvalue weighted by atomic mass is 35.5. The third-order valence-electron chi connectivity index (χ3n) is 2.47. The number of aliphatic hydroxyl groups is 1. The average molecular weight is 243 g/mol. The molecule has 2 unspecified atom stereocenters. The summed E-state index contributed by atoms with van der Waals surface area (Å²) in [7, 11) is 1.34. The second-order valence-corrected chi connectivity index (χ2v) is 4.19. The van der Waals surface area contributed by atoms with Crippen molar-refractivity contribution in [1.82, 2.24) is 0 Å². The molecule has 3 nitrogen and oxygen atoms in total. The zero-order valence-electron chi connectivity index (χ0n) is 9.31. The fourth-order valence-corrected chi connectivity index (χ4v) is 1.57. The van der Waals surface area contributed by atoms with Crippen molar-refractivity contribution in [2.24, 2.45) is 5.92 Å². The quantitative estimate of drug-likeness (QED) is 0.826. The van der Waals surface area contributed by atoms with Gasteiger partial charge in [0.2, 0.25) is 0 Å². The fourth-order valence-electron chi connectivity index (χ4n) is 1.45. The van der Waals surface area contributed by atoms with E-state index in [1.807, 2.05) is 0 Å². The molecule has 0 aliphatic carbocycles. The van der Waals surface area contributed by atoms with E-state index in [2.05, 4.69) is 4.74 Å². The highest BCUT2D eigenvalue weighted by Crippen LogP contribution is 2.25. The van der Waals surface area contributed by atoms with Crippen LogP contribution in [0.3, 0.4) is 0 Å². The van der Waals surface area contributed by atoms with Gasteiger partial charge in [0, 0.05) is 5.02 Å². The number of benzene rings is 1. The summed E-state index contributed by atoms with van der Waals surface area (Å²) in [4.78, 5) is 11.1. The lowest BCUT2D eigenvalue weighted by molar-refractivity contribution is -0.142. The van der Waals surface area contributed by atoms with Crippen molar-refractivity contribution in [3.63, 3.8) is 0 Å². The highest BCUT2D eigenvalue weighted by molar-refractivity contribution is 6.30. The largest absolute Gasteiger partial charge is 0.469 e. The number of ether oxygens (including phenoxy) is 1. The van der Waals surface area contributed by atoms with Gasteiger partial charge in [0.05, 0.1) is 19.6 Å². The molecule has 1 aromatic carbocycles. The smallest absolute Gasteiger partial charge is 0.305 e. The van der Waals surface area contributed by atoms with Gasteiger partial charge in [0.25, 0.3) is 0 Å². The molecule has 2 atom stereocenters. The SMILES string of the molecule is COC(=O)CC(C)C(O)c1ccc(Cl)cc1. The van der Waals surface area contributed by atoms with Crippen LogP contribution in [0.25, 0.3) is 0 Å². The molecule has 1 rings (SSSR count). The van der Waals surface area contributed by atoms with Gasteiger partial charge in [-0.2, -0.15) is 0 Å². The van der Waals surface area contributed by atoms with Crippen molar-refractivity contribution in [1.29, 1.82) is 0 Å². The Labute approximate surface area is 100.0 Å². The van der Waals surface area contributed by atoms with Gasteiger partial charge in [0.1, 0.15) is 0 Å². The summed E-state index contributed by atoms with van der Waals surface area (Å²) in [5.74, 6) is -0.505. The Morgan fingerprint density at radius 2 is 2.00 bits per heavy atom. The minimum absolute atomic E-state index is 0.186. The van der Waals surface area contributed by atoms with Crippen molar-refractivity contribution in [3.05, 3.63) is 34.9 Å². The molecule has 0 saturated heterocycles. The summed E-state index contributed by atoms with van der Waals surface area (Å²) in [6.07, 6.45) is -0.489. The maximum atomic E-state index is 11.1. The molecule has 16 heavy (non-hydrogen) atoms. The molecular formula is C12H15ClO3. The van der Waals surface area contributed by atoms with Gasteiger partial charge in [-0.1, -0.05) is 30.7 Å². The second-order valence-electron chi connectivity index (χ2n) is 3.75. The first-order valence-electron chi connectivity index (χ1n) is 5.05. The van der Waals surface area contributed by atoms with Crippen LogP contribution in [0, 0.1) is 5.92 Å². The normalized spacial score (nSPS) is 14.2. The standard InChI is InChI=1S/C12H15ClO3/c1-8(7-11(14)16-2)12(15)9-3-5-10(13)6-4-9/h3-6,8,12,15H,7H2,1-2H3. The Bertz CT molecular complexity index is 348. The molecule has 0 heterocycles. The molecule has 0 saturated carbocycles. The van der Waals surface area contributed by atoms with Crippen LogP contribution in [0.2, 0.25) is 5.02 Å². The van der Waals surface area contributed by atoms with E-state index in [0.29, 0.717) is 5.02 Å². The Morgan fingerprint density at radius 1 is 1.44 bits per heavy atom. The Hall–Kier alpha value is -1.06. The number of hydrogen-bond donors (Lipinski definition) is 1. The van der Waals surface area contributed by atoms with Crippen LogP contribution in [0.4, 0.5) is 0 Å². The van der Waals surface area contributed by atoms with E-state index in [1.54, 1.807) is 31.2 Å².